The zero-order chi connectivity index (χ0) is 17.9. The number of tetrazole rings is 1. The molecule has 2 aromatic heterocycles. The molecule has 7 heteroatoms. The second-order valence-electron chi connectivity index (χ2n) is 5.95. The maximum absolute atomic E-state index is 5.45. The van der Waals surface area contributed by atoms with Crippen LogP contribution >= 0.6 is 11.8 Å². The second-order valence-corrected chi connectivity index (χ2v) is 6.89. The fourth-order valence-corrected chi connectivity index (χ4v) is 3.56. The van der Waals surface area contributed by atoms with Crippen LogP contribution in [-0.2, 0) is 5.75 Å². The summed E-state index contributed by atoms with van der Waals surface area (Å²) in [5.74, 6) is 1.39. The van der Waals surface area contributed by atoms with Gasteiger partial charge in [0.1, 0.15) is 0 Å². The highest BCUT2D eigenvalue weighted by atomic mass is 32.2. The summed E-state index contributed by atoms with van der Waals surface area (Å²) in [5.41, 5.74) is 5.14. The lowest BCUT2D eigenvalue weighted by Gasteiger charge is -2.10. The fourth-order valence-electron chi connectivity index (χ4n) is 2.81. The molecule has 0 unspecified atom stereocenters. The van der Waals surface area contributed by atoms with Crippen molar-refractivity contribution in [2.75, 3.05) is 0 Å². The predicted octanol–water partition coefficient (Wildman–Crippen LogP) is 4.23. The highest BCUT2D eigenvalue weighted by molar-refractivity contribution is 7.98. The normalized spacial score (nSPS) is 11.0. The molecule has 0 aliphatic carbocycles. The first kappa shape index (κ1) is 16.5. The molecule has 0 aliphatic rings. The highest BCUT2D eigenvalue weighted by Crippen LogP contribution is 2.27. The Balaban J connectivity index is 1.54. The molecule has 0 bridgehead atoms. The molecule has 26 heavy (non-hydrogen) atoms. The van der Waals surface area contributed by atoms with E-state index in [1.807, 2.05) is 42.5 Å². The van der Waals surface area contributed by atoms with Gasteiger partial charge in [0, 0.05) is 17.4 Å². The van der Waals surface area contributed by atoms with Crippen LogP contribution in [0.3, 0.4) is 0 Å². The summed E-state index contributed by atoms with van der Waals surface area (Å²) in [6.07, 6.45) is 0. The van der Waals surface area contributed by atoms with Crippen LogP contribution in [0.1, 0.15) is 16.8 Å². The van der Waals surface area contributed by atoms with E-state index in [-0.39, 0.29) is 0 Å². The smallest absolute Gasteiger partial charge is 0.214 e. The van der Waals surface area contributed by atoms with Crippen molar-refractivity contribution in [1.82, 2.24) is 25.4 Å². The lowest BCUT2D eigenvalue weighted by atomic mass is 10.1. The third-order valence-corrected chi connectivity index (χ3v) is 5.01. The number of thioether (sulfide) groups is 1. The van der Waals surface area contributed by atoms with Crippen molar-refractivity contribution in [2.24, 2.45) is 0 Å². The average Bonchev–Trinajstić information content (AvgIpc) is 3.30. The van der Waals surface area contributed by atoms with Crippen LogP contribution in [0.25, 0.3) is 17.0 Å². The van der Waals surface area contributed by atoms with E-state index >= 15 is 0 Å². The van der Waals surface area contributed by atoms with Gasteiger partial charge in [0.25, 0.3) is 0 Å². The number of aromatic nitrogens is 5. The minimum Gasteiger partial charge on any atom is -0.356 e. The van der Waals surface area contributed by atoms with Gasteiger partial charge in [-0.05, 0) is 35.4 Å². The molecule has 2 aromatic carbocycles. The summed E-state index contributed by atoms with van der Waals surface area (Å²) in [6, 6.07) is 18.0. The molecule has 0 amide bonds. The Morgan fingerprint density at radius 2 is 1.77 bits per heavy atom. The van der Waals surface area contributed by atoms with E-state index in [2.05, 4.69) is 46.7 Å². The average molecular weight is 363 g/mol. The summed E-state index contributed by atoms with van der Waals surface area (Å²) in [7, 11) is 0. The summed E-state index contributed by atoms with van der Waals surface area (Å²) >= 11 is 1.53. The van der Waals surface area contributed by atoms with E-state index in [9.17, 15) is 0 Å². The van der Waals surface area contributed by atoms with Crippen molar-refractivity contribution >= 4 is 11.8 Å². The Labute approximate surface area is 155 Å². The van der Waals surface area contributed by atoms with E-state index in [4.69, 9.17) is 4.52 Å². The summed E-state index contributed by atoms with van der Waals surface area (Å²) < 4.78 is 7.24. The van der Waals surface area contributed by atoms with E-state index in [0.29, 0.717) is 5.75 Å². The van der Waals surface area contributed by atoms with E-state index in [1.165, 1.54) is 11.8 Å². The van der Waals surface area contributed by atoms with Crippen LogP contribution < -0.4 is 0 Å². The van der Waals surface area contributed by atoms with Crippen LogP contribution in [0.4, 0.5) is 0 Å². The van der Waals surface area contributed by atoms with Crippen LogP contribution in [0.15, 0.2) is 64.3 Å². The van der Waals surface area contributed by atoms with Crippen molar-refractivity contribution in [3.63, 3.8) is 0 Å². The van der Waals surface area contributed by atoms with Crippen LogP contribution in [-0.4, -0.2) is 25.4 Å². The summed E-state index contributed by atoms with van der Waals surface area (Å²) in [4.78, 5) is 0. The van der Waals surface area contributed by atoms with E-state index < -0.39 is 0 Å². The van der Waals surface area contributed by atoms with E-state index in [0.717, 1.165) is 39.0 Å². The summed E-state index contributed by atoms with van der Waals surface area (Å²) in [5, 5.41) is 17.1. The molecule has 130 valence electrons. The molecule has 0 spiro atoms. The number of para-hydroxylation sites is 1. The number of rotatable bonds is 5. The molecular weight excluding hydrogens is 346 g/mol. The first-order valence-electron chi connectivity index (χ1n) is 8.21. The molecule has 2 heterocycles. The van der Waals surface area contributed by atoms with Gasteiger partial charge in [-0.15, -0.1) is 5.10 Å². The number of hydrogen-bond acceptors (Lipinski definition) is 6. The molecule has 0 N–H and O–H groups in total. The molecule has 0 atom stereocenters. The molecule has 0 fully saturated rings. The maximum atomic E-state index is 5.45. The quantitative estimate of drug-likeness (QED) is 0.494. The SMILES string of the molecule is Cc1cccc(C)c1-n1nnnc1SCc1cc(-c2ccccc2)on1. The van der Waals surface area contributed by atoms with Gasteiger partial charge in [-0.1, -0.05) is 65.4 Å². The van der Waals surface area contributed by atoms with Gasteiger partial charge in [-0.2, -0.15) is 4.68 Å². The van der Waals surface area contributed by atoms with Gasteiger partial charge in [0.15, 0.2) is 5.76 Å². The van der Waals surface area contributed by atoms with Gasteiger partial charge in [0.05, 0.1) is 11.4 Å². The molecular formula is C19H17N5OS. The Morgan fingerprint density at radius 1 is 1.00 bits per heavy atom. The molecule has 0 saturated heterocycles. The van der Waals surface area contributed by atoms with Gasteiger partial charge < -0.3 is 4.52 Å². The van der Waals surface area contributed by atoms with Gasteiger partial charge in [-0.25, -0.2) is 0 Å². The number of nitrogens with zero attached hydrogens (tertiary/aromatic N) is 5. The topological polar surface area (TPSA) is 69.6 Å². The largest absolute Gasteiger partial charge is 0.356 e. The zero-order valence-electron chi connectivity index (χ0n) is 14.5. The lowest BCUT2D eigenvalue weighted by Crippen LogP contribution is -2.04. The molecule has 0 saturated carbocycles. The fraction of sp³-hybridized carbons (Fsp3) is 0.158. The van der Waals surface area contributed by atoms with Gasteiger partial charge in [-0.3, -0.25) is 0 Å². The second kappa shape index (κ2) is 7.13. The molecule has 4 rings (SSSR count). The molecule has 6 nitrogen and oxygen atoms in total. The maximum Gasteiger partial charge on any atom is 0.214 e. The van der Waals surface area contributed by atoms with Crippen molar-refractivity contribution < 1.29 is 4.52 Å². The highest BCUT2D eigenvalue weighted by Gasteiger charge is 2.14. The standard InChI is InChI=1S/C19H17N5OS/c1-13-7-6-8-14(2)18(13)24-19(20-22-23-24)26-12-16-11-17(25-21-16)15-9-4-3-5-10-15/h3-11H,12H2,1-2H3. The first-order chi connectivity index (χ1) is 12.7. The molecule has 4 aromatic rings. The monoisotopic (exact) mass is 363 g/mol. The Kier molecular flexibility index (Phi) is 4.53. The van der Waals surface area contributed by atoms with E-state index in [1.54, 1.807) is 4.68 Å². The lowest BCUT2D eigenvalue weighted by molar-refractivity contribution is 0.426. The Hall–Kier alpha value is -2.93. The van der Waals surface area contributed by atoms with Gasteiger partial charge in [0.2, 0.25) is 5.16 Å². The van der Waals surface area contributed by atoms with Crippen LogP contribution in [0.5, 0.6) is 0 Å². The first-order valence-corrected chi connectivity index (χ1v) is 9.20. The van der Waals surface area contributed by atoms with Crippen molar-refractivity contribution in [3.8, 4) is 17.0 Å². The van der Waals surface area contributed by atoms with Crippen LogP contribution in [0.2, 0.25) is 0 Å². The van der Waals surface area contributed by atoms with Gasteiger partial charge >= 0.3 is 0 Å². The minimum atomic E-state index is 0.627. The van der Waals surface area contributed by atoms with Crippen molar-refractivity contribution in [1.29, 1.82) is 0 Å². The molecule has 0 aliphatic heterocycles. The number of benzene rings is 2. The number of hydrogen-bond donors (Lipinski definition) is 0. The predicted molar refractivity (Wildman–Crippen MR) is 100 cm³/mol. The Morgan fingerprint density at radius 3 is 2.54 bits per heavy atom. The number of aryl methyl sites for hydroxylation is 2. The van der Waals surface area contributed by atoms with Crippen molar-refractivity contribution in [3.05, 3.63) is 71.4 Å². The minimum absolute atomic E-state index is 0.627. The zero-order valence-corrected chi connectivity index (χ0v) is 15.3. The van der Waals surface area contributed by atoms with Crippen LogP contribution in [0, 0.1) is 13.8 Å². The Bertz CT molecular complexity index is 1010. The molecule has 0 radical (unpaired) electrons. The third kappa shape index (κ3) is 3.25. The third-order valence-electron chi connectivity index (χ3n) is 4.06. The summed E-state index contributed by atoms with van der Waals surface area (Å²) in [6.45, 7) is 4.12. The van der Waals surface area contributed by atoms with Crippen molar-refractivity contribution in [2.45, 2.75) is 24.8 Å².